The first-order valence-electron chi connectivity index (χ1n) is 10.7. The summed E-state index contributed by atoms with van der Waals surface area (Å²) < 4.78 is 43.3. The van der Waals surface area contributed by atoms with Gasteiger partial charge in [0.15, 0.2) is 6.61 Å². The Morgan fingerprint density at radius 3 is 2.55 bits per heavy atom. The van der Waals surface area contributed by atoms with Crippen molar-refractivity contribution in [2.24, 2.45) is 5.92 Å². The topological polar surface area (TPSA) is 79.9 Å². The molecule has 0 saturated heterocycles. The molecular formula is C22H27F3N4O2. The number of hydrogen-bond donors (Lipinski definition) is 2. The average molecular weight is 436 g/mol. The number of aromatic nitrogens is 3. The summed E-state index contributed by atoms with van der Waals surface area (Å²) in [7, 11) is 0. The molecule has 31 heavy (non-hydrogen) atoms. The Bertz CT molecular complexity index is 950. The van der Waals surface area contributed by atoms with Gasteiger partial charge in [-0.05, 0) is 51.0 Å². The Morgan fingerprint density at radius 1 is 1.26 bits per heavy atom. The van der Waals surface area contributed by atoms with Crippen molar-refractivity contribution in [3.05, 3.63) is 41.0 Å². The third-order valence-electron chi connectivity index (χ3n) is 6.12. The van der Waals surface area contributed by atoms with Crippen LogP contribution >= 0.6 is 0 Å². The number of pyridine rings is 1. The molecule has 0 aromatic carbocycles. The van der Waals surface area contributed by atoms with E-state index in [0.717, 1.165) is 49.9 Å². The summed E-state index contributed by atoms with van der Waals surface area (Å²) >= 11 is 0. The summed E-state index contributed by atoms with van der Waals surface area (Å²) in [6, 6.07) is 3.23. The zero-order valence-corrected chi connectivity index (χ0v) is 17.7. The Hall–Kier alpha value is -2.58. The highest BCUT2D eigenvalue weighted by Crippen LogP contribution is 2.42. The minimum Gasteiger partial charge on any atom is -0.484 e. The van der Waals surface area contributed by atoms with Crippen LogP contribution < -0.4 is 10.1 Å². The van der Waals surface area contributed by atoms with Crippen molar-refractivity contribution in [2.45, 2.75) is 70.0 Å². The fourth-order valence-electron chi connectivity index (χ4n) is 4.02. The maximum atomic E-state index is 13.1. The molecule has 6 nitrogen and oxygen atoms in total. The van der Waals surface area contributed by atoms with Crippen LogP contribution in [-0.4, -0.2) is 33.9 Å². The molecule has 2 aliphatic rings. The zero-order valence-electron chi connectivity index (χ0n) is 17.7. The van der Waals surface area contributed by atoms with Gasteiger partial charge in [-0.3, -0.25) is 14.9 Å². The largest absolute Gasteiger partial charge is 0.484 e. The fourth-order valence-corrected chi connectivity index (χ4v) is 4.02. The number of aromatic amines is 1. The van der Waals surface area contributed by atoms with Gasteiger partial charge in [-0.2, -0.15) is 18.3 Å². The van der Waals surface area contributed by atoms with Crippen molar-refractivity contribution >= 4 is 5.91 Å². The molecule has 1 unspecified atom stereocenters. The van der Waals surface area contributed by atoms with Crippen LogP contribution in [0.3, 0.4) is 0 Å². The van der Waals surface area contributed by atoms with E-state index in [0.29, 0.717) is 11.5 Å². The molecule has 0 bridgehead atoms. The van der Waals surface area contributed by atoms with Crippen LogP contribution in [0.4, 0.5) is 13.2 Å². The van der Waals surface area contributed by atoms with Crippen LogP contribution in [0.2, 0.25) is 0 Å². The van der Waals surface area contributed by atoms with E-state index in [1.807, 2.05) is 19.9 Å². The maximum absolute atomic E-state index is 13.1. The number of nitrogens with zero attached hydrogens (tertiary/aromatic N) is 2. The van der Waals surface area contributed by atoms with Crippen molar-refractivity contribution in [3.63, 3.8) is 0 Å². The number of hydrogen-bond acceptors (Lipinski definition) is 4. The second kappa shape index (κ2) is 8.16. The van der Waals surface area contributed by atoms with Crippen LogP contribution in [0.25, 0.3) is 0 Å². The minimum absolute atomic E-state index is 0.0366. The first-order chi connectivity index (χ1) is 14.6. The van der Waals surface area contributed by atoms with Crippen molar-refractivity contribution in [3.8, 4) is 5.75 Å². The molecule has 2 aromatic heterocycles. The zero-order chi connectivity index (χ0) is 22.2. The van der Waals surface area contributed by atoms with Crippen LogP contribution in [0.5, 0.6) is 5.75 Å². The third kappa shape index (κ3) is 5.19. The van der Waals surface area contributed by atoms with Gasteiger partial charge in [0.1, 0.15) is 11.4 Å². The second-order valence-corrected chi connectivity index (χ2v) is 9.01. The molecule has 2 saturated carbocycles. The molecular weight excluding hydrogens is 409 g/mol. The molecule has 4 rings (SSSR count). The predicted molar refractivity (Wildman–Crippen MR) is 108 cm³/mol. The van der Waals surface area contributed by atoms with Crippen molar-refractivity contribution in [1.82, 2.24) is 20.5 Å². The van der Waals surface area contributed by atoms with E-state index in [-0.39, 0.29) is 17.4 Å². The van der Waals surface area contributed by atoms with E-state index in [1.54, 1.807) is 0 Å². The highest BCUT2D eigenvalue weighted by Gasteiger charge is 2.38. The quantitative estimate of drug-likeness (QED) is 0.625. The summed E-state index contributed by atoms with van der Waals surface area (Å²) in [4.78, 5) is 17.3. The van der Waals surface area contributed by atoms with E-state index in [2.05, 4.69) is 20.5 Å². The minimum atomic E-state index is -4.46. The number of halogens is 3. The number of aryl methyl sites for hydroxylation is 1. The molecule has 2 aromatic rings. The first kappa shape index (κ1) is 21.6. The van der Waals surface area contributed by atoms with E-state index in [9.17, 15) is 18.0 Å². The van der Waals surface area contributed by atoms with Crippen LogP contribution in [-0.2, 0) is 5.54 Å². The molecule has 2 N–H and O–H groups in total. The number of alkyl halides is 3. The average Bonchev–Trinajstić information content (AvgIpc) is 3.34. The predicted octanol–water partition coefficient (Wildman–Crippen LogP) is 4.77. The summed E-state index contributed by atoms with van der Waals surface area (Å²) in [5.74, 6) is 0.268. The molecule has 2 aliphatic carbocycles. The molecule has 1 atom stereocenters. The Balaban J connectivity index is 1.57. The molecule has 168 valence electrons. The van der Waals surface area contributed by atoms with Gasteiger partial charge in [-0.15, -0.1) is 0 Å². The van der Waals surface area contributed by atoms with Crippen molar-refractivity contribution < 1.29 is 22.7 Å². The maximum Gasteiger partial charge on any atom is 0.422 e. The van der Waals surface area contributed by atoms with Crippen molar-refractivity contribution in [1.29, 1.82) is 0 Å². The van der Waals surface area contributed by atoms with Gasteiger partial charge < -0.3 is 10.1 Å². The van der Waals surface area contributed by atoms with Crippen molar-refractivity contribution in [2.75, 3.05) is 6.61 Å². The SMILES string of the molecule is Cc1cc(C(C)(CC2CC2)NC(=O)c2cc(OCC(F)(F)F)c(C3CCC3)cn2)n[nH]1. The first-order valence-corrected chi connectivity index (χ1v) is 10.7. The van der Waals surface area contributed by atoms with Crippen LogP contribution in [0.15, 0.2) is 18.3 Å². The lowest BCUT2D eigenvalue weighted by molar-refractivity contribution is -0.153. The molecule has 2 fully saturated rings. The van der Waals surface area contributed by atoms with Gasteiger partial charge in [-0.1, -0.05) is 19.3 Å². The molecule has 0 radical (unpaired) electrons. The van der Waals surface area contributed by atoms with Gasteiger partial charge in [0.2, 0.25) is 0 Å². The normalized spacial score (nSPS) is 18.9. The summed E-state index contributed by atoms with van der Waals surface area (Å²) in [6.45, 7) is 2.41. The van der Waals surface area contributed by atoms with E-state index >= 15 is 0 Å². The standard InChI is InChI=1S/C22H27F3N4O2/c1-13-8-19(29-28-13)21(2,10-14-6-7-14)27-20(30)17-9-18(31-12-22(23,24)25)16(11-26-17)15-4-3-5-15/h8-9,11,14-15H,3-7,10,12H2,1-2H3,(H,27,30)(H,28,29). The molecule has 1 amide bonds. The Labute approximate surface area is 179 Å². The van der Waals surface area contributed by atoms with Gasteiger partial charge in [0.25, 0.3) is 5.91 Å². The van der Waals surface area contributed by atoms with E-state index < -0.39 is 24.2 Å². The van der Waals surface area contributed by atoms with E-state index in [1.165, 1.54) is 12.3 Å². The highest BCUT2D eigenvalue weighted by molar-refractivity contribution is 5.93. The monoisotopic (exact) mass is 436 g/mol. The molecule has 0 spiro atoms. The lowest BCUT2D eigenvalue weighted by Gasteiger charge is -2.30. The number of amides is 1. The van der Waals surface area contributed by atoms with Crippen LogP contribution in [0.1, 0.15) is 78.8 Å². The summed E-state index contributed by atoms with van der Waals surface area (Å²) in [5.41, 5.74) is 1.58. The third-order valence-corrected chi connectivity index (χ3v) is 6.12. The Morgan fingerprint density at radius 2 is 2.00 bits per heavy atom. The number of rotatable bonds is 8. The van der Waals surface area contributed by atoms with Gasteiger partial charge in [0.05, 0.1) is 11.2 Å². The lowest BCUT2D eigenvalue weighted by Crippen LogP contribution is -2.44. The number of carbonyl (C=O) groups is 1. The summed E-state index contributed by atoms with van der Waals surface area (Å²) in [6.07, 6.45) is 2.78. The van der Waals surface area contributed by atoms with E-state index in [4.69, 9.17) is 4.74 Å². The number of H-pyrrole nitrogens is 1. The molecule has 0 aliphatic heterocycles. The lowest BCUT2D eigenvalue weighted by atomic mass is 9.80. The number of ether oxygens (including phenoxy) is 1. The Kier molecular flexibility index (Phi) is 5.70. The number of carbonyl (C=O) groups excluding carboxylic acids is 1. The highest BCUT2D eigenvalue weighted by atomic mass is 19.4. The fraction of sp³-hybridized carbons (Fsp3) is 0.591. The summed E-state index contributed by atoms with van der Waals surface area (Å²) in [5, 5.41) is 10.3. The smallest absolute Gasteiger partial charge is 0.422 e. The van der Waals surface area contributed by atoms with Gasteiger partial charge in [-0.25, -0.2) is 0 Å². The van der Waals surface area contributed by atoms with Gasteiger partial charge in [0, 0.05) is 23.5 Å². The molecule has 9 heteroatoms. The van der Waals surface area contributed by atoms with Gasteiger partial charge >= 0.3 is 6.18 Å². The number of nitrogens with one attached hydrogen (secondary N) is 2. The second-order valence-electron chi connectivity index (χ2n) is 9.01. The molecule has 2 heterocycles. The van der Waals surface area contributed by atoms with Crippen LogP contribution in [0, 0.1) is 12.8 Å².